The maximum atomic E-state index is 12.9. The van der Waals surface area contributed by atoms with Crippen LogP contribution in [0.5, 0.6) is 0 Å². The Morgan fingerprint density at radius 1 is 1.25 bits per heavy atom. The highest BCUT2D eigenvalue weighted by Gasteiger charge is 2.32. The zero-order chi connectivity index (χ0) is 20.7. The molecule has 0 aliphatic carbocycles. The standard InChI is InChI=1S/C16H14F3N5O3S/c1-3-28(26,27)12-4-9(7-22-25)6-20-13(12)15-23-11-5-10(16(17,18)19)8-21-14(11)24(15)2/h4-8,25H,3H2,1-2H3/b22-7+. The topological polar surface area (TPSA) is 110 Å². The van der Waals surface area contributed by atoms with Crippen molar-refractivity contribution in [3.63, 3.8) is 0 Å². The van der Waals surface area contributed by atoms with E-state index in [2.05, 4.69) is 20.1 Å². The summed E-state index contributed by atoms with van der Waals surface area (Å²) in [4.78, 5) is 11.8. The van der Waals surface area contributed by atoms with Gasteiger partial charge in [-0.1, -0.05) is 12.1 Å². The van der Waals surface area contributed by atoms with Gasteiger partial charge in [0, 0.05) is 25.0 Å². The Hall–Kier alpha value is -3.02. The number of hydrogen-bond donors (Lipinski definition) is 1. The van der Waals surface area contributed by atoms with Gasteiger partial charge in [-0.3, -0.25) is 4.98 Å². The maximum Gasteiger partial charge on any atom is 0.417 e. The molecule has 12 heteroatoms. The third kappa shape index (κ3) is 3.42. The third-order valence-corrected chi connectivity index (χ3v) is 5.79. The number of pyridine rings is 2. The minimum absolute atomic E-state index is 0.0361. The summed E-state index contributed by atoms with van der Waals surface area (Å²) in [6.45, 7) is 1.44. The Morgan fingerprint density at radius 3 is 2.57 bits per heavy atom. The van der Waals surface area contributed by atoms with Crippen LogP contribution in [0.2, 0.25) is 0 Å². The van der Waals surface area contributed by atoms with Gasteiger partial charge in [-0.05, 0) is 12.1 Å². The third-order valence-electron chi connectivity index (χ3n) is 4.04. The van der Waals surface area contributed by atoms with Crippen LogP contribution in [-0.2, 0) is 23.1 Å². The van der Waals surface area contributed by atoms with Crippen molar-refractivity contribution < 1.29 is 26.8 Å². The van der Waals surface area contributed by atoms with Crippen molar-refractivity contribution in [3.05, 3.63) is 35.7 Å². The molecule has 0 saturated carbocycles. The molecule has 3 aromatic rings. The van der Waals surface area contributed by atoms with E-state index in [-0.39, 0.29) is 38.9 Å². The molecule has 0 aliphatic rings. The summed E-state index contributed by atoms with van der Waals surface area (Å²) in [7, 11) is -2.26. The molecule has 0 radical (unpaired) electrons. The first-order chi connectivity index (χ1) is 13.1. The second kappa shape index (κ2) is 6.86. The molecule has 3 heterocycles. The van der Waals surface area contributed by atoms with E-state index in [9.17, 15) is 21.6 Å². The molecule has 8 nitrogen and oxygen atoms in total. The van der Waals surface area contributed by atoms with Gasteiger partial charge in [-0.15, -0.1) is 0 Å². The summed E-state index contributed by atoms with van der Waals surface area (Å²) < 4.78 is 65.2. The fourth-order valence-electron chi connectivity index (χ4n) is 2.60. The molecular weight excluding hydrogens is 399 g/mol. The van der Waals surface area contributed by atoms with Gasteiger partial charge in [-0.2, -0.15) is 13.2 Å². The van der Waals surface area contributed by atoms with Crippen LogP contribution in [0.4, 0.5) is 13.2 Å². The van der Waals surface area contributed by atoms with E-state index in [0.717, 1.165) is 12.3 Å². The number of imidazole rings is 1. The summed E-state index contributed by atoms with van der Waals surface area (Å²) in [6.07, 6.45) is -1.62. The number of aromatic nitrogens is 4. The monoisotopic (exact) mass is 413 g/mol. The Bertz CT molecular complexity index is 1190. The lowest BCUT2D eigenvalue weighted by Crippen LogP contribution is -2.09. The van der Waals surface area contributed by atoms with Crippen molar-refractivity contribution in [2.75, 3.05) is 5.75 Å². The van der Waals surface area contributed by atoms with Gasteiger partial charge >= 0.3 is 6.18 Å². The van der Waals surface area contributed by atoms with Gasteiger partial charge < -0.3 is 9.77 Å². The van der Waals surface area contributed by atoms with Gasteiger partial charge in [0.25, 0.3) is 0 Å². The molecule has 3 rings (SSSR count). The number of nitrogens with zero attached hydrogens (tertiary/aromatic N) is 5. The molecule has 0 bridgehead atoms. The molecule has 0 spiro atoms. The Balaban J connectivity index is 2.28. The number of aryl methyl sites for hydroxylation is 1. The van der Waals surface area contributed by atoms with Crippen LogP contribution in [0.15, 0.2) is 34.6 Å². The lowest BCUT2D eigenvalue weighted by Gasteiger charge is -2.09. The fourth-order valence-corrected chi connectivity index (χ4v) is 3.67. The fraction of sp³-hybridized carbons (Fsp3) is 0.250. The molecular formula is C16H14F3N5O3S. The van der Waals surface area contributed by atoms with Crippen molar-refractivity contribution in [2.45, 2.75) is 18.0 Å². The SMILES string of the molecule is CCS(=O)(=O)c1cc(/C=N/O)cnc1-c1nc2cc(C(F)(F)F)cnc2n1C. The molecule has 28 heavy (non-hydrogen) atoms. The van der Waals surface area contributed by atoms with Crippen LogP contribution in [-0.4, -0.2) is 45.1 Å². The number of halogens is 3. The van der Waals surface area contributed by atoms with Crippen molar-refractivity contribution in [2.24, 2.45) is 12.2 Å². The largest absolute Gasteiger partial charge is 0.417 e. The van der Waals surface area contributed by atoms with Gasteiger partial charge in [-0.25, -0.2) is 18.4 Å². The summed E-state index contributed by atoms with van der Waals surface area (Å²) >= 11 is 0. The van der Waals surface area contributed by atoms with Crippen LogP contribution >= 0.6 is 0 Å². The normalized spacial score (nSPS) is 12.9. The van der Waals surface area contributed by atoms with Gasteiger partial charge in [0.1, 0.15) is 11.2 Å². The summed E-state index contributed by atoms with van der Waals surface area (Å²) in [5.74, 6) is -0.191. The van der Waals surface area contributed by atoms with E-state index in [1.165, 1.54) is 30.8 Å². The minimum Gasteiger partial charge on any atom is -0.411 e. The van der Waals surface area contributed by atoms with Crippen LogP contribution in [0.25, 0.3) is 22.7 Å². The first-order valence-corrected chi connectivity index (χ1v) is 9.54. The zero-order valence-electron chi connectivity index (χ0n) is 14.6. The lowest BCUT2D eigenvalue weighted by atomic mass is 10.2. The van der Waals surface area contributed by atoms with Gasteiger partial charge in [0.05, 0.1) is 22.4 Å². The van der Waals surface area contributed by atoms with E-state index in [0.29, 0.717) is 6.20 Å². The predicted molar refractivity (Wildman–Crippen MR) is 93.8 cm³/mol. The summed E-state index contributed by atoms with van der Waals surface area (Å²) in [5.41, 5.74) is -0.672. The highest BCUT2D eigenvalue weighted by molar-refractivity contribution is 7.91. The van der Waals surface area contributed by atoms with Crippen molar-refractivity contribution in [1.29, 1.82) is 0 Å². The molecule has 148 valence electrons. The molecule has 0 unspecified atom stereocenters. The van der Waals surface area contributed by atoms with Crippen LogP contribution in [0, 0.1) is 0 Å². The Morgan fingerprint density at radius 2 is 1.96 bits per heavy atom. The average Bonchev–Trinajstić information content (AvgIpc) is 2.97. The highest BCUT2D eigenvalue weighted by Crippen LogP contribution is 2.32. The molecule has 0 fully saturated rings. The van der Waals surface area contributed by atoms with E-state index in [1.807, 2.05) is 0 Å². The number of rotatable bonds is 4. The average molecular weight is 413 g/mol. The number of oxime groups is 1. The molecule has 0 amide bonds. The number of sulfone groups is 1. The van der Waals surface area contributed by atoms with E-state index in [1.54, 1.807) is 0 Å². The van der Waals surface area contributed by atoms with E-state index >= 15 is 0 Å². The summed E-state index contributed by atoms with van der Waals surface area (Å²) in [6, 6.07) is 2.10. The number of fused-ring (bicyclic) bond motifs is 1. The molecule has 0 atom stereocenters. The summed E-state index contributed by atoms with van der Waals surface area (Å²) in [5, 5.41) is 11.5. The van der Waals surface area contributed by atoms with Crippen LogP contribution in [0.1, 0.15) is 18.1 Å². The quantitative estimate of drug-likeness (QED) is 0.400. The van der Waals surface area contributed by atoms with E-state index < -0.39 is 21.6 Å². The second-order valence-corrected chi connectivity index (χ2v) is 8.07. The van der Waals surface area contributed by atoms with Gasteiger partial charge in [0.15, 0.2) is 21.3 Å². The van der Waals surface area contributed by atoms with E-state index in [4.69, 9.17) is 5.21 Å². The minimum atomic E-state index is -4.58. The second-order valence-electron chi connectivity index (χ2n) is 5.82. The molecule has 1 N–H and O–H groups in total. The maximum absolute atomic E-state index is 12.9. The van der Waals surface area contributed by atoms with Crippen molar-refractivity contribution >= 4 is 27.2 Å². The first kappa shape index (κ1) is 19.7. The molecule has 0 aliphatic heterocycles. The molecule has 0 saturated heterocycles. The smallest absolute Gasteiger partial charge is 0.411 e. The molecule has 0 aromatic carbocycles. The Labute approximate surface area is 157 Å². The van der Waals surface area contributed by atoms with Crippen molar-refractivity contribution in [3.8, 4) is 11.5 Å². The number of alkyl halides is 3. The highest BCUT2D eigenvalue weighted by atomic mass is 32.2. The first-order valence-electron chi connectivity index (χ1n) is 7.88. The zero-order valence-corrected chi connectivity index (χ0v) is 15.5. The van der Waals surface area contributed by atoms with Crippen LogP contribution in [0.3, 0.4) is 0 Å². The number of hydrogen-bond acceptors (Lipinski definition) is 7. The van der Waals surface area contributed by atoms with Crippen LogP contribution < -0.4 is 0 Å². The lowest BCUT2D eigenvalue weighted by molar-refractivity contribution is -0.137. The van der Waals surface area contributed by atoms with Crippen molar-refractivity contribution in [1.82, 2.24) is 19.5 Å². The van der Waals surface area contributed by atoms with Gasteiger partial charge in [0.2, 0.25) is 0 Å². The predicted octanol–water partition coefficient (Wildman–Crippen LogP) is 2.65. The molecule has 3 aromatic heterocycles. The Kier molecular flexibility index (Phi) is 4.83.